The summed E-state index contributed by atoms with van der Waals surface area (Å²) in [5, 5.41) is 0. The summed E-state index contributed by atoms with van der Waals surface area (Å²) in [6, 6.07) is 9.87. The summed E-state index contributed by atoms with van der Waals surface area (Å²) in [7, 11) is -3.66. The standard InChI is InChI=1S/C25H29FN2O5S/c1-17(19-11-12-22(26)23(15-19)33-16-18-9-10-18)27-34(31,32)14-6-2-5-13-28-24(29)20-7-3-4-8-21(20)25(28)30/h3-4,7-8,11-12,15,17-18,27H,2,5-6,9-10,13-14,16H2,1H3/i16D2. The van der Waals surface area contributed by atoms with Gasteiger partial charge in [-0.25, -0.2) is 17.5 Å². The SMILES string of the molecule is [2H]C([2H])(Oc1cc(C(C)NS(=O)(=O)CCCCCN2C(=O)c3ccccc3C2=O)ccc1F)C1CC1. The maximum Gasteiger partial charge on any atom is 0.261 e. The van der Waals surface area contributed by atoms with Crippen molar-refractivity contribution in [1.29, 1.82) is 0 Å². The van der Waals surface area contributed by atoms with Crippen LogP contribution in [0.25, 0.3) is 0 Å². The second-order valence-electron chi connectivity index (χ2n) is 8.71. The zero-order chi connectivity index (χ0) is 26.1. The van der Waals surface area contributed by atoms with Crippen LogP contribution in [0.3, 0.4) is 0 Å². The molecule has 1 unspecified atom stereocenters. The van der Waals surface area contributed by atoms with Gasteiger partial charge in [-0.1, -0.05) is 24.6 Å². The molecule has 34 heavy (non-hydrogen) atoms. The van der Waals surface area contributed by atoms with Crippen LogP contribution in [-0.4, -0.2) is 44.0 Å². The molecular formula is C25H29FN2O5S. The fraction of sp³-hybridized carbons (Fsp3) is 0.440. The highest BCUT2D eigenvalue weighted by molar-refractivity contribution is 7.89. The quantitative estimate of drug-likeness (QED) is 0.358. The predicted molar refractivity (Wildman–Crippen MR) is 126 cm³/mol. The predicted octanol–water partition coefficient (Wildman–Crippen LogP) is 4.06. The van der Waals surface area contributed by atoms with Gasteiger partial charge < -0.3 is 4.74 Å². The van der Waals surface area contributed by atoms with Crippen molar-refractivity contribution in [2.45, 2.75) is 45.1 Å². The smallest absolute Gasteiger partial charge is 0.261 e. The van der Waals surface area contributed by atoms with Gasteiger partial charge >= 0.3 is 0 Å². The Morgan fingerprint density at radius 3 is 2.44 bits per heavy atom. The number of hydrogen-bond donors (Lipinski definition) is 1. The third-order valence-corrected chi connectivity index (χ3v) is 7.44. The first-order valence-electron chi connectivity index (χ1n) is 12.4. The number of imide groups is 1. The molecule has 1 saturated carbocycles. The molecule has 1 aliphatic carbocycles. The average molecular weight is 491 g/mol. The molecule has 4 rings (SSSR count). The van der Waals surface area contributed by atoms with Crippen LogP contribution in [0.15, 0.2) is 42.5 Å². The summed E-state index contributed by atoms with van der Waals surface area (Å²) in [6.07, 6.45) is 2.70. The number of fused-ring (bicyclic) bond motifs is 1. The lowest BCUT2D eigenvalue weighted by molar-refractivity contribution is 0.0651. The Kier molecular flexibility index (Phi) is 6.54. The van der Waals surface area contributed by atoms with Crippen molar-refractivity contribution in [3.8, 4) is 5.75 Å². The van der Waals surface area contributed by atoms with E-state index in [1.807, 2.05) is 0 Å². The molecule has 1 heterocycles. The fourth-order valence-corrected chi connectivity index (χ4v) is 5.17. The third-order valence-electron chi connectivity index (χ3n) is 5.90. The molecule has 0 aromatic heterocycles. The minimum Gasteiger partial charge on any atom is -0.490 e. The Bertz CT molecular complexity index is 1230. The van der Waals surface area contributed by atoms with Crippen LogP contribution in [0.2, 0.25) is 0 Å². The molecule has 2 amide bonds. The highest BCUT2D eigenvalue weighted by atomic mass is 32.2. The second-order valence-corrected chi connectivity index (χ2v) is 10.6. The summed E-state index contributed by atoms with van der Waals surface area (Å²) in [6.45, 7) is -0.134. The number of sulfonamides is 1. The number of halogens is 1. The number of nitrogens with zero attached hydrogens (tertiary/aromatic N) is 1. The molecule has 1 aliphatic heterocycles. The minimum absolute atomic E-state index is 0.145. The number of carbonyl (C=O) groups excluding carboxylic acids is 2. The van der Waals surface area contributed by atoms with Gasteiger partial charge in [-0.15, -0.1) is 0 Å². The maximum atomic E-state index is 14.2. The molecule has 1 N–H and O–H groups in total. The van der Waals surface area contributed by atoms with Gasteiger partial charge in [0.15, 0.2) is 11.6 Å². The van der Waals surface area contributed by atoms with Crippen molar-refractivity contribution in [3.05, 3.63) is 65.0 Å². The monoisotopic (exact) mass is 490 g/mol. The molecule has 0 bridgehead atoms. The average Bonchev–Trinajstić information content (AvgIpc) is 3.65. The Morgan fingerprint density at radius 1 is 1.12 bits per heavy atom. The molecule has 9 heteroatoms. The molecule has 2 aromatic carbocycles. The highest BCUT2D eigenvalue weighted by Crippen LogP contribution is 2.31. The van der Waals surface area contributed by atoms with E-state index in [0.29, 0.717) is 48.8 Å². The molecule has 2 aromatic rings. The van der Waals surface area contributed by atoms with Crippen molar-refractivity contribution in [2.75, 3.05) is 18.9 Å². The second kappa shape index (κ2) is 10.2. The zero-order valence-electron chi connectivity index (χ0n) is 20.9. The number of unbranched alkanes of at least 4 members (excludes halogenated alkanes) is 2. The largest absolute Gasteiger partial charge is 0.490 e. The van der Waals surface area contributed by atoms with Gasteiger partial charge in [-0.05, 0) is 68.4 Å². The van der Waals surface area contributed by atoms with Crippen LogP contribution in [0.5, 0.6) is 5.75 Å². The Morgan fingerprint density at radius 2 is 1.79 bits per heavy atom. The van der Waals surface area contributed by atoms with Gasteiger partial charge in [0.1, 0.15) is 0 Å². The van der Waals surface area contributed by atoms with Crippen molar-refractivity contribution in [1.82, 2.24) is 9.62 Å². The molecule has 0 saturated heterocycles. The van der Waals surface area contributed by atoms with E-state index in [1.165, 1.54) is 17.0 Å². The first-order chi connectivity index (χ1) is 17.0. The van der Waals surface area contributed by atoms with Gasteiger partial charge in [-0.3, -0.25) is 14.5 Å². The number of benzene rings is 2. The highest BCUT2D eigenvalue weighted by Gasteiger charge is 2.34. The van der Waals surface area contributed by atoms with Crippen LogP contribution in [-0.2, 0) is 10.0 Å². The molecule has 2 aliphatic rings. The Hall–Kier alpha value is -2.78. The zero-order valence-corrected chi connectivity index (χ0v) is 19.7. The topological polar surface area (TPSA) is 92.8 Å². The molecular weight excluding hydrogens is 459 g/mol. The van der Waals surface area contributed by atoms with Gasteiger partial charge in [0.05, 0.1) is 26.2 Å². The molecule has 1 fully saturated rings. The molecule has 0 spiro atoms. The third kappa shape index (κ3) is 5.82. The summed E-state index contributed by atoms with van der Waals surface area (Å²) in [5.41, 5.74) is 1.23. The van der Waals surface area contributed by atoms with E-state index >= 15 is 0 Å². The van der Waals surface area contributed by atoms with Crippen LogP contribution in [0.4, 0.5) is 4.39 Å². The summed E-state index contributed by atoms with van der Waals surface area (Å²) in [4.78, 5) is 26.0. The van der Waals surface area contributed by atoms with Crippen LogP contribution < -0.4 is 9.46 Å². The lowest BCUT2D eigenvalue weighted by Gasteiger charge is -2.17. The van der Waals surface area contributed by atoms with Crippen molar-refractivity contribution < 1.29 is 29.9 Å². The molecule has 182 valence electrons. The summed E-state index contributed by atoms with van der Waals surface area (Å²) in [5.74, 6) is -2.03. The maximum absolute atomic E-state index is 14.2. The number of hydrogen-bond acceptors (Lipinski definition) is 5. The fourth-order valence-electron chi connectivity index (χ4n) is 3.79. The van der Waals surface area contributed by atoms with E-state index in [0.717, 1.165) is 6.07 Å². The van der Waals surface area contributed by atoms with Crippen LogP contribution in [0, 0.1) is 11.7 Å². The van der Waals surface area contributed by atoms with E-state index in [4.69, 9.17) is 7.48 Å². The van der Waals surface area contributed by atoms with Crippen molar-refractivity contribution in [3.63, 3.8) is 0 Å². The normalized spacial score (nSPS) is 17.9. The van der Waals surface area contributed by atoms with E-state index in [9.17, 15) is 22.4 Å². The van der Waals surface area contributed by atoms with Gasteiger partial charge in [0.2, 0.25) is 10.0 Å². The van der Waals surface area contributed by atoms with Crippen molar-refractivity contribution >= 4 is 21.8 Å². The van der Waals surface area contributed by atoms with Crippen molar-refractivity contribution in [2.24, 2.45) is 5.92 Å². The molecule has 7 nitrogen and oxygen atoms in total. The van der Waals surface area contributed by atoms with Gasteiger partial charge in [0.25, 0.3) is 11.8 Å². The van der Waals surface area contributed by atoms with E-state index in [-0.39, 0.29) is 35.8 Å². The van der Waals surface area contributed by atoms with E-state index in [2.05, 4.69) is 4.72 Å². The van der Waals surface area contributed by atoms with E-state index < -0.39 is 28.4 Å². The van der Waals surface area contributed by atoms with Gasteiger partial charge in [-0.2, -0.15) is 0 Å². The molecule has 0 radical (unpaired) electrons. The Balaban J connectivity index is 1.25. The summed E-state index contributed by atoms with van der Waals surface area (Å²) >= 11 is 0. The van der Waals surface area contributed by atoms with E-state index in [1.54, 1.807) is 31.2 Å². The lowest BCUT2D eigenvalue weighted by atomic mass is 10.1. The first kappa shape index (κ1) is 21.7. The first-order valence-corrected chi connectivity index (χ1v) is 13.1. The number of nitrogens with one attached hydrogen (secondary N) is 1. The molecule has 1 atom stereocenters. The van der Waals surface area contributed by atoms with Crippen LogP contribution >= 0.6 is 0 Å². The number of amides is 2. The summed E-state index contributed by atoms with van der Waals surface area (Å²) < 4.78 is 63.1. The van der Waals surface area contributed by atoms with Crippen LogP contribution in [0.1, 0.15) is 74.1 Å². The minimum atomic E-state index is -3.66. The Labute approximate surface area is 202 Å². The number of rotatable bonds is 12. The van der Waals surface area contributed by atoms with Gasteiger partial charge in [0, 0.05) is 12.6 Å². The lowest BCUT2D eigenvalue weighted by Crippen LogP contribution is -2.31. The number of ether oxygens (including phenoxy) is 1. The number of carbonyl (C=O) groups is 2.